The van der Waals surface area contributed by atoms with Crippen molar-refractivity contribution < 1.29 is 19.4 Å². The van der Waals surface area contributed by atoms with Crippen LogP contribution in [-0.2, 0) is 16.1 Å². The number of aromatic nitrogens is 5. The highest BCUT2D eigenvalue weighted by Crippen LogP contribution is 2.46. The summed E-state index contributed by atoms with van der Waals surface area (Å²) in [4.78, 5) is 18.2. The summed E-state index contributed by atoms with van der Waals surface area (Å²) in [6.45, 7) is 6.16. The zero-order valence-electron chi connectivity index (χ0n) is 20.8. The minimum absolute atomic E-state index is 0.0301. The molecule has 0 saturated carbocycles. The number of nitrogens with one attached hydrogen (secondary N) is 1. The Balaban J connectivity index is 1.39. The topological polar surface area (TPSA) is 118 Å². The van der Waals surface area contributed by atoms with Crippen LogP contribution in [0.1, 0.15) is 30.9 Å². The maximum atomic E-state index is 12.7. The molecule has 2 N–H and O–H groups in total. The number of morpholine rings is 1. The van der Waals surface area contributed by atoms with Gasteiger partial charge in [-0.3, -0.25) is 4.79 Å². The number of H-pyrrole nitrogens is 1. The van der Waals surface area contributed by atoms with Gasteiger partial charge in [-0.15, -0.1) is 10.2 Å². The number of hydrogen-bond acceptors (Lipinski definition) is 7. The van der Waals surface area contributed by atoms with Crippen LogP contribution in [0.25, 0.3) is 33.4 Å². The van der Waals surface area contributed by atoms with E-state index in [9.17, 15) is 9.90 Å². The Hall–Kier alpha value is -4.18. The number of phenols is 1. The number of nitrogens with zero attached hydrogens (tertiary/aromatic N) is 5. The molecule has 6 heterocycles. The van der Waals surface area contributed by atoms with Gasteiger partial charge in [0.05, 0.1) is 49.4 Å². The molecule has 2 unspecified atom stereocenters. The fraction of sp³-hybridized carbons (Fsp3) is 0.357. The third-order valence-electron chi connectivity index (χ3n) is 7.94. The molecule has 2 bridgehead atoms. The van der Waals surface area contributed by atoms with Crippen LogP contribution in [0.5, 0.6) is 11.6 Å². The molecular formula is C28H28N6O4. The number of carbonyl (C=O) groups excluding carboxylic acids is 1. The molecule has 3 aromatic heterocycles. The van der Waals surface area contributed by atoms with E-state index in [0.29, 0.717) is 36.7 Å². The minimum Gasteiger partial charge on any atom is -0.507 e. The molecule has 0 radical (unpaired) electrons. The number of benzene rings is 1. The lowest BCUT2D eigenvalue weighted by atomic mass is 9.81. The van der Waals surface area contributed by atoms with E-state index >= 15 is 0 Å². The van der Waals surface area contributed by atoms with E-state index in [1.165, 1.54) is 6.08 Å². The number of piperidine rings is 1. The van der Waals surface area contributed by atoms with Crippen molar-refractivity contribution in [1.29, 1.82) is 0 Å². The maximum Gasteiger partial charge on any atom is 0.246 e. The van der Waals surface area contributed by atoms with Crippen LogP contribution in [0, 0.1) is 0 Å². The Bertz CT molecular complexity index is 1540. The van der Waals surface area contributed by atoms with E-state index in [0.717, 1.165) is 53.9 Å². The summed E-state index contributed by atoms with van der Waals surface area (Å²) in [5.74, 6) is 0.995. The van der Waals surface area contributed by atoms with Gasteiger partial charge >= 0.3 is 0 Å². The van der Waals surface area contributed by atoms with Crippen molar-refractivity contribution in [1.82, 2.24) is 29.9 Å². The van der Waals surface area contributed by atoms with Gasteiger partial charge in [-0.2, -0.15) is 5.10 Å². The zero-order valence-corrected chi connectivity index (χ0v) is 20.8. The first kappa shape index (κ1) is 23.0. The molecule has 1 amide bonds. The predicted octanol–water partition coefficient (Wildman–Crippen LogP) is 3.64. The van der Waals surface area contributed by atoms with E-state index in [1.54, 1.807) is 12.1 Å². The largest absolute Gasteiger partial charge is 0.507 e. The van der Waals surface area contributed by atoms with Crippen LogP contribution < -0.4 is 4.74 Å². The maximum absolute atomic E-state index is 12.7. The van der Waals surface area contributed by atoms with Gasteiger partial charge < -0.3 is 24.5 Å². The van der Waals surface area contributed by atoms with Gasteiger partial charge in [-0.05, 0) is 37.1 Å². The molecular weight excluding hydrogens is 484 g/mol. The summed E-state index contributed by atoms with van der Waals surface area (Å²) in [6, 6.07) is 9.04. The summed E-state index contributed by atoms with van der Waals surface area (Å²) >= 11 is 0. The van der Waals surface area contributed by atoms with E-state index in [-0.39, 0.29) is 29.7 Å². The second-order valence-corrected chi connectivity index (χ2v) is 10.2. The number of phenolic OH excluding ortho intramolecular Hbond substituents is 1. The van der Waals surface area contributed by atoms with Crippen LogP contribution in [0.2, 0.25) is 0 Å². The van der Waals surface area contributed by atoms with Crippen LogP contribution in [0.15, 0.2) is 49.2 Å². The molecule has 7 rings (SSSR count). The number of rotatable bonds is 4. The molecule has 0 aliphatic carbocycles. The second kappa shape index (κ2) is 8.98. The highest BCUT2D eigenvalue weighted by Gasteiger charge is 2.43. The summed E-state index contributed by atoms with van der Waals surface area (Å²) in [5.41, 5.74) is 4.80. The molecule has 2 fully saturated rings. The average molecular weight is 513 g/mol. The number of para-hydroxylation sites is 1. The Morgan fingerprint density at radius 1 is 1.16 bits per heavy atom. The summed E-state index contributed by atoms with van der Waals surface area (Å²) < 4.78 is 13.9. The first-order valence-corrected chi connectivity index (χ1v) is 13.0. The Kier molecular flexibility index (Phi) is 5.43. The fourth-order valence-corrected chi connectivity index (χ4v) is 6.28. The lowest BCUT2D eigenvalue weighted by molar-refractivity contribution is -0.146. The van der Waals surface area contributed by atoms with Crippen molar-refractivity contribution in [2.45, 2.75) is 43.8 Å². The third kappa shape index (κ3) is 3.59. The quantitative estimate of drug-likeness (QED) is 0.401. The number of hydrogen-bond donors (Lipinski definition) is 2. The van der Waals surface area contributed by atoms with Crippen molar-refractivity contribution >= 4 is 16.9 Å². The molecule has 2 saturated heterocycles. The first-order chi connectivity index (χ1) is 18.6. The van der Waals surface area contributed by atoms with Gasteiger partial charge in [0.2, 0.25) is 11.8 Å². The van der Waals surface area contributed by atoms with Gasteiger partial charge in [0.25, 0.3) is 0 Å². The van der Waals surface area contributed by atoms with Gasteiger partial charge in [-0.1, -0.05) is 18.7 Å². The molecule has 0 spiro atoms. The minimum atomic E-state index is -0.0455. The molecule has 4 aromatic rings. The van der Waals surface area contributed by atoms with Crippen molar-refractivity contribution in [3.8, 4) is 34.0 Å². The lowest BCUT2D eigenvalue weighted by Gasteiger charge is -2.48. The summed E-state index contributed by atoms with van der Waals surface area (Å²) in [5, 5.41) is 25.0. The van der Waals surface area contributed by atoms with Gasteiger partial charge in [0, 0.05) is 41.1 Å². The highest BCUT2D eigenvalue weighted by atomic mass is 16.5. The predicted molar refractivity (Wildman–Crippen MR) is 140 cm³/mol. The van der Waals surface area contributed by atoms with Crippen molar-refractivity contribution in [3.05, 3.63) is 54.9 Å². The third-order valence-corrected chi connectivity index (χ3v) is 7.94. The Labute approximate surface area is 218 Å². The smallest absolute Gasteiger partial charge is 0.246 e. The molecule has 194 valence electrons. The van der Waals surface area contributed by atoms with Crippen LogP contribution in [0.3, 0.4) is 0 Å². The molecule has 3 aliphatic heterocycles. The number of amides is 1. The zero-order chi connectivity index (χ0) is 25.8. The van der Waals surface area contributed by atoms with Crippen molar-refractivity contribution in [3.63, 3.8) is 0 Å². The van der Waals surface area contributed by atoms with E-state index < -0.39 is 0 Å². The second-order valence-electron chi connectivity index (χ2n) is 10.2. The van der Waals surface area contributed by atoms with Gasteiger partial charge in [0.1, 0.15) is 5.75 Å². The fourth-order valence-electron chi connectivity index (χ4n) is 6.28. The van der Waals surface area contributed by atoms with E-state index in [2.05, 4.69) is 26.9 Å². The molecule has 10 heteroatoms. The number of aryl methyl sites for hydroxylation is 1. The number of carbonyl (C=O) groups is 1. The normalized spacial score (nSPS) is 22.6. The van der Waals surface area contributed by atoms with Crippen molar-refractivity contribution in [2.24, 2.45) is 0 Å². The monoisotopic (exact) mass is 512 g/mol. The molecule has 38 heavy (non-hydrogen) atoms. The average Bonchev–Trinajstić information content (AvgIpc) is 3.53. The summed E-state index contributed by atoms with van der Waals surface area (Å²) in [6.07, 6.45) is 5.68. The van der Waals surface area contributed by atoms with Crippen LogP contribution in [-0.4, -0.2) is 72.8 Å². The number of fused-ring (bicyclic) bond motifs is 4. The van der Waals surface area contributed by atoms with E-state index in [1.807, 2.05) is 34.0 Å². The van der Waals surface area contributed by atoms with Crippen LogP contribution in [0.4, 0.5) is 0 Å². The SMILES string of the molecule is C=CC(=O)N1C2COC[C@H]1CC(c1[nH]c3nnc(-c4ccccc4O)cc3c1-c1cnn3c1OCCC3)C2. The standard InChI is InChI=1S/C28H28N6O4/c1-2-24(36)34-17-10-16(11-18(34)15-37-14-17)26-25(21-13-29-33-8-5-9-38-28(21)33)20-12-22(31-32-27(20)30-26)19-6-3-4-7-23(19)35/h2-4,6-7,12-13,16-18,35H,1,5,8-11,14-15H2,(H,30,32)/t16?,17-,18?/m1/s1. The van der Waals surface area contributed by atoms with Crippen molar-refractivity contribution in [2.75, 3.05) is 19.8 Å². The Morgan fingerprint density at radius 3 is 2.76 bits per heavy atom. The van der Waals surface area contributed by atoms with Gasteiger partial charge in [0.15, 0.2) is 5.65 Å². The van der Waals surface area contributed by atoms with E-state index in [4.69, 9.17) is 9.47 Å². The highest BCUT2D eigenvalue weighted by molar-refractivity contribution is 5.98. The lowest BCUT2D eigenvalue weighted by Crippen LogP contribution is -2.58. The van der Waals surface area contributed by atoms with Crippen LogP contribution >= 0.6 is 0 Å². The number of aromatic amines is 1. The summed E-state index contributed by atoms with van der Waals surface area (Å²) in [7, 11) is 0. The molecule has 1 aromatic carbocycles. The number of ether oxygens (including phenoxy) is 2. The van der Waals surface area contributed by atoms with Gasteiger partial charge in [-0.25, -0.2) is 4.68 Å². The molecule has 3 aliphatic rings. The molecule has 10 nitrogen and oxygen atoms in total. The Morgan fingerprint density at radius 2 is 1.97 bits per heavy atom. The molecule has 3 atom stereocenters. The number of aromatic hydroxyl groups is 1. The first-order valence-electron chi connectivity index (χ1n) is 13.0.